The van der Waals surface area contributed by atoms with Crippen LogP contribution in [0, 0.1) is 5.82 Å². The van der Waals surface area contributed by atoms with E-state index in [-0.39, 0.29) is 18.2 Å². The predicted molar refractivity (Wildman–Crippen MR) is 108 cm³/mol. The van der Waals surface area contributed by atoms with Crippen LogP contribution in [0.5, 0.6) is 5.75 Å². The molecule has 0 radical (unpaired) electrons. The number of benzene rings is 2. The minimum Gasteiger partial charge on any atom is -0.497 e. The molecule has 0 N–H and O–H groups in total. The van der Waals surface area contributed by atoms with E-state index < -0.39 is 0 Å². The van der Waals surface area contributed by atoms with E-state index in [9.17, 15) is 4.39 Å². The Morgan fingerprint density at radius 1 is 1.00 bits per heavy atom. The fourth-order valence-electron chi connectivity index (χ4n) is 2.80. The number of methoxy groups -OCH3 is 1. The first-order chi connectivity index (χ1) is 12.7. The molecule has 0 spiro atoms. The molecule has 0 fully saturated rings. The van der Waals surface area contributed by atoms with Crippen LogP contribution in [0.15, 0.2) is 66.9 Å². The molecule has 2 heterocycles. The molecule has 2 aromatic carbocycles. The van der Waals surface area contributed by atoms with Gasteiger partial charge in [0.05, 0.1) is 18.1 Å². The van der Waals surface area contributed by atoms with Crippen LogP contribution >= 0.6 is 12.4 Å². The topological polar surface area (TPSA) is 39.9 Å². The van der Waals surface area contributed by atoms with Crippen molar-refractivity contribution in [3.8, 4) is 11.6 Å². The number of fused-ring (bicyclic) bond motifs is 1. The van der Waals surface area contributed by atoms with Crippen LogP contribution in [0.4, 0.5) is 4.39 Å². The summed E-state index contributed by atoms with van der Waals surface area (Å²) in [6, 6.07) is 18.0. The van der Waals surface area contributed by atoms with Gasteiger partial charge in [-0.15, -0.1) is 12.4 Å². The van der Waals surface area contributed by atoms with Gasteiger partial charge in [-0.2, -0.15) is 0 Å². The van der Waals surface area contributed by atoms with Crippen LogP contribution < -0.4 is 4.74 Å². The van der Waals surface area contributed by atoms with Gasteiger partial charge < -0.3 is 4.74 Å². The van der Waals surface area contributed by atoms with Crippen molar-refractivity contribution in [2.75, 3.05) is 7.11 Å². The first-order valence-electron chi connectivity index (χ1n) is 8.16. The summed E-state index contributed by atoms with van der Waals surface area (Å²) in [5.41, 5.74) is 2.40. The Bertz CT molecular complexity index is 1080. The molecule has 4 aromatic rings. The lowest BCUT2D eigenvalue weighted by atomic mass is 10.2. The zero-order valence-corrected chi connectivity index (χ0v) is 15.4. The number of rotatable bonds is 4. The maximum Gasteiger partial charge on any atom is 0.139 e. The summed E-state index contributed by atoms with van der Waals surface area (Å²) in [6.07, 6.45) is 5.58. The number of pyridine rings is 1. The van der Waals surface area contributed by atoms with E-state index in [1.165, 1.54) is 12.1 Å². The maximum atomic E-state index is 13.6. The summed E-state index contributed by atoms with van der Waals surface area (Å²) in [7, 11) is 1.64. The van der Waals surface area contributed by atoms with Crippen molar-refractivity contribution >= 4 is 35.6 Å². The van der Waals surface area contributed by atoms with Gasteiger partial charge in [0.25, 0.3) is 0 Å². The van der Waals surface area contributed by atoms with Gasteiger partial charge in [0.2, 0.25) is 0 Å². The van der Waals surface area contributed by atoms with Gasteiger partial charge in [0.15, 0.2) is 0 Å². The Labute approximate surface area is 162 Å². The fourth-order valence-corrected chi connectivity index (χ4v) is 2.80. The zero-order chi connectivity index (χ0) is 17.9. The number of imidazole rings is 1. The molecule has 0 aliphatic carbocycles. The van der Waals surface area contributed by atoms with E-state index in [0.717, 1.165) is 22.6 Å². The highest BCUT2D eigenvalue weighted by atomic mass is 35.5. The fraction of sp³-hybridized carbons (Fsp3) is 0.0476. The monoisotopic (exact) mass is 381 g/mol. The SMILES string of the molecule is COc1ccc(/C=C/c2nc3cc(F)ccc3n2-c2ccccn2)cc1.Cl. The maximum absolute atomic E-state index is 13.6. The van der Waals surface area contributed by atoms with Gasteiger partial charge in [-0.05, 0) is 48.0 Å². The predicted octanol–water partition coefficient (Wildman–Crippen LogP) is 5.16. The van der Waals surface area contributed by atoms with Crippen molar-refractivity contribution < 1.29 is 9.13 Å². The third-order valence-corrected chi connectivity index (χ3v) is 4.06. The largest absolute Gasteiger partial charge is 0.497 e. The molecule has 6 heteroatoms. The number of aromatic nitrogens is 3. The van der Waals surface area contributed by atoms with Crippen LogP contribution in [0.2, 0.25) is 0 Å². The number of nitrogens with zero attached hydrogens (tertiary/aromatic N) is 3. The molecule has 0 saturated carbocycles. The Kier molecular flexibility index (Phi) is 5.52. The third-order valence-electron chi connectivity index (χ3n) is 4.06. The van der Waals surface area contributed by atoms with Crippen molar-refractivity contribution in [1.29, 1.82) is 0 Å². The van der Waals surface area contributed by atoms with Gasteiger partial charge in [-0.3, -0.25) is 4.57 Å². The van der Waals surface area contributed by atoms with Crippen molar-refractivity contribution in [1.82, 2.24) is 14.5 Å². The first-order valence-corrected chi connectivity index (χ1v) is 8.16. The molecule has 2 aromatic heterocycles. The number of hydrogen-bond acceptors (Lipinski definition) is 3. The molecular formula is C21H17ClFN3O. The summed E-state index contributed by atoms with van der Waals surface area (Å²) in [4.78, 5) is 8.98. The highest BCUT2D eigenvalue weighted by Gasteiger charge is 2.12. The summed E-state index contributed by atoms with van der Waals surface area (Å²) >= 11 is 0. The number of ether oxygens (including phenoxy) is 1. The van der Waals surface area contributed by atoms with Crippen molar-refractivity contribution in [2.45, 2.75) is 0 Å². The lowest BCUT2D eigenvalue weighted by Crippen LogP contribution is -1.99. The van der Waals surface area contributed by atoms with Crippen LogP contribution in [-0.2, 0) is 0 Å². The second-order valence-corrected chi connectivity index (χ2v) is 5.73. The Morgan fingerprint density at radius 3 is 2.52 bits per heavy atom. The molecule has 0 amide bonds. The minimum atomic E-state index is -0.311. The van der Waals surface area contributed by atoms with Crippen LogP contribution in [0.25, 0.3) is 29.0 Å². The van der Waals surface area contributed by atoms with Gasteiger partial charge in [-0.1, -0.05) is 24.3 Å². The van der Waals surface area contributed by atoms with Gasteiger partial charge in [0, 0.05) is 12.3 Å². The molecule has 0 saturated heterocycles. The molecule has 136 valence electrons. The average molecular weight is 382 g/mol. The van der Waals surface area contributed by atoms with Crippen molar-refractivity contribution in [3.63, 3.8) is 0 Å². The summed E-state index contributed by atoms with van der Waals surface area (Å²) < 4.78 is 20.7. The van der Waals surface area contributed by atoms with Crippen molar-refractivity contribution in [2.24, 2.45) is 0 Å². The minimum absolute atomic E-state index is 0. The van der Waals surface area contributed by atoms with Crippen LogP contribution in [0.1, 0.15) is 11.4 Å². The van der Waals surface area contributed by atoms with E-state index in [0.29, 0.717) is 11.3 Å². The number of hydrogen-bond donors (Lipinski definition) is 0. The highest BCUT2D eigenvalue weighted by Crippen LogP contribution is 2.23. The average Bonchev–Trinajstić information content (AvgIpc) is 3.04. The molecule has 0 bridgehead atoms. The van der Waals surface area contributed by atoms with Gasteiger partial charge in [-0.25, -0.2) is 14.4 Å². The van der Waals surface area contributed by atoms with Crippen LogP contribution in [-0.4, -0.2) is 21.6 Å². The molecule has 0 aliphatic heterocycles. The summed E-state index contributed by atoms with van der Waals surface area (Å²) in [6.45, 7) is 0. The quantitative estimate of drug-likeness (QED) is 0.490. The second kappa shape index (κ2) is 8.01. The molecule has 0 unspecified atom stereocenters. The lowest BCUT2D eigenvalue weighted by Gasteiger charge is -2.05. The van der Waals surface area contributed by atoms with Gasteiger partial charge >= 0.3 is 0 Å². The first kappa shape index (κ1) is 18.6. The van der Waals surface area contributed by atoms with E-state index in [4.69, 9.17) is 4.74 Å². The normalized spacial score (nSPS) is 10.9. The van der Waals surface area contributed by atoms with Crippen molar-refractivity contribution in [3.05, 3.63) is 84.1 Å². The molecule has 27 heavy (non-hydrogen) atoms. The summed E-state index contributed by atoms with van der Waals surface area (Å²) in [5.74, 6) is 1.91. The summed E-state index contributed by atoms with van der Waals surface area (Å²) in [5, 5.41) is 0. The second-order valence-electron chi connectivity index (χ2n) is 5.73. The Hall–Kier alpha value is -3.18. The smallest absolute Gasteiger partial charge is 0.139 e. The zero-order valence-electron chi connectivity index (χ0n) is 14.5. The van der Waals surface area contributed by atoms with Crippen LogP contribution in [0.3, 0.4) is 0 Å². The molecule has 0 atom stereocenters. The Balaban J connectivity index is 0.00000210. The van der Waals surface area contributed by atoms with E-state index >= 15 is 0 Å². The highest BCUT2D eigenvalue weighted by molar-refractivity contribution is 5.85. The molecule has 4 nitrogen and oxygen atoms in total. The van der Waals surface area contributed by atoms with E-state index in [1.54, 1.807) is 19.4 Å². The van der Waals surface area contributed by atoms with E-state index in [1.807, 2.05) is 59.2 Å². The Morgan fingerprint density at radius 2 is 1.81 bits per heavy atom. The van der Waals surface area contributed by atoms with Gasteiger partial charge in [0.1, 0.15) is 23.2 Å². The van der Waals surface area contributed by atoms with E-state index in [2.05, 4.69) is 9.97 Å². The number of halogens is 2. The third kappa shape index (κ3) is 3.83. The standard InChI is InChI=1S/C21H16FN3O.ClH/c1-26-17-9-5-15(6-10-17)7-12-21-24-18-14-16(22)8-11-19(18)25(21)20-4-2-3-13-23-20;/h2-14H,1H3;1H/b12-7+;. The molecule has 4 rings (SSSR count). The lowest BCUT2D eigenvalue weighted by molar-refractivity contribution is 0.415. The molecular weight excluding hydrogens is 365 g/mol. The molecule has 0 aliphatic rings.